The zero-order chi connectivity index (χ0) is 24.3. The van der Waals surface area contributed by atoms with E-state index in [-0.39, 0.29) is 35.2 Å². The molecular weight excluding hydrogens is 467 g/mol. The molecule has 1 atom stereocenters. The summed E-state index contributed by atoms with van der Waals surface area (Å²) in [6.07, 6.45) is -2.20. The summed E-state index contributed by atoms with van der Waals surface area (Å²) in [5.41, 5.74) is -0.570. The molecule has 182 valence electrons. The van der Waals surface area contributed by atoms with Crippen LogP contribution in [0.1, 0.15) is 30.4 Å². The van der Waals surface area contributed by atoms with Gasteiger partial charge in [0.2, 0.25) is 10.0 Å². The molecule has 1 N–H and O–H groups in total. The van der Waals surface area contributed by atoms with Crippen molar-refractivity contribution in [2.24, 2.45) is 5.92 Å². The normalized spacial score (nSPS) is 20.4. The Morgan fingerprint density at radius 1 is 1.09 bits per heavy atom. The van der Waals surface area contributed by atoms with Crippen LogP contribution in [-0.4, -0.2) is 51.6 Å². The van der Waals surface area contributed by atoms with Crippen LogP contribution in [0.25, 0.3) is 11.1 Å². The molecule has 1 unspecified atom stereocenters. The largest absolute Gasteiger partial charge is 0.417 e. The Labute approximate surface area is 197 Å². The van der Waals surface area contributed by atoms with Gasteiger partial charge in [-0.2, -0.15) is 22.7 Å². The van der Waals surface area contributed by atoms with E-state index >= 15 is 0 Å². The lowest BCUT2D eigenvalue weighted by Gasteiger charge is -2.24. The van der Waals surface area contributed by atoms with Crippen LogP contribution < -0.4 is 5.32 Å². The fourth-order valence-electron chi connectivity index (χ4n) is 4.44. The number of sulfonamides is 1. The van der Waals surface area contributed by atoms with Crippen LogP contribution in [-0.2, 0) is 20.9 Å². The first-order valence-electron chi connectivity index (χ1n) is 11.2. The van der Waals surface area contributed by atoms with Crippen LogP contribution in [0.15, 0.2) is 47.4 Å². The lowest BCUT2D eigenvalue weighted by molar-refractivity contribution is -0.137. The number of rotatable bonds is 6. The standard InChI is InChI=1S/C24H26F3N3O3S/c25-24(26,27)23-13-21(5-6-22(23)19-3-1-17(14-28)2-4-19)34(31,32)30-10-7-20(16-30)29-15-18-8-11-33-12-9-18/h1-6,13,18,20,29H,7-12,15-16H2. The maximum absolute atomic E-state index is 13.9. The van der Waals surface area contributed by atoms with E-state index in [0.29, 0.717) is 24.0 Å². The summed E-state index contributed by atoms with van der Waals surface area (Å²) in [5.74, 6) is 0.489. The third-order valence-electron chi connectivity index (χ3n) is 6.45. The minimum Gasteiger partial charge on any atom is -0.381 e. The number of hydrogen-bond donors (Lipinski definition) is 1. The summed E-state index contributed by atoms with van der Waals surface area (Å²) >= 11 is 0. The van der Waals surface area contributed by atoms with Crippen molar-refractivity contribution in [3.8, 4) is 17.2 Å². The van der Waals surface area contributed by atoms with E-state index in [4.69, 9.17) is 10.00 Å². The number of alkyl halides is 3. The molecule has 2 aromatic rings. The second-order valence-electron chi connectivity index (χ2n) is 8.71. The predicted molar refractivity (Wildman–Crippen MR) is 120 cm³/mol. The zero-order valence-electron chi connectivity index (χ0n) is 18.5. The number of nitrogens with zero attached hydrogens (tertiary/aromatic N) is 2. The quantitative estimate of drug-likeness (QED) is 0.657. The van der Waals surface area contributed by atoms with Crippen molar-refractivity contribution in [3.05, 3.63) is 53.6 Å². The van der Waals surface area contributed by atoms with E-state index in [9.17, 15) is 21.6 Å². The number of halogens is 3. The first-order chi connectivity index (χ1) is 16.2. The lowest BCUT2D eigenvalue weighted by Crippen LogP contribution is -2.38. The number of ether oxygens (including phenoxy) is 1. The molecule has 2 saturated heterocycles. The lowest BCUT2D eigenvalue weighted by atomic mass is 9.98. The molecule has 0 aliphatic carbocycles. The van der Waals surface area contributed by atoms with E-state index in [0.717, 1.165) is 32.6 Å². The van der Waals surface area contributed by atoms with Gasteiger partial charge in [-0.15, -0.1) is 0 Å². The predicted octanol–water partition coefficient (Wildman–Crippen LogP) is 4.02. The summed E-state index contributed by atoms with van der Waals surface area (Å²) in [5, 5.41) is 12.3. The van der Waals surface area contributed by atoms with Gasteiger partial charge < -0.3 is 10.1 Å². The Morgan fingerprint density at radius 3 is 2.44 bits per heavy atom. The Bertz CT molecular complexity index is 1150. The summed E-state index contributed by atoms with van der Waals surface area (Å²) in [4.78, 5) is -0.373. The van der Waals surface area contributed by atoms with Crippen LogP contribution in [0, 0.1) is 17.2 Å². The van der Waals surface area contributed by atoms with Gasteiger partial charge in [-0.1, -0.05) is 18.2 Å². The van der Waals surface area contributed by atoms with Crippen molar-refractivity contribution in [3.63, 3.8) is 0 Å². The second kappa shape index (κ2) is 10.0. The van der Waals surface area contributed by atoms with Crippen molar-refractivity contribution in [1.82, 2.24) is 9.62 Å². The summed E-state index contributed by atoms with van der Waals surface area (Å²) < 4.78 is 74.6. The molecule has 0 spiro atoms. The molecule has 0 aromatic heterocycles. The molecule has 4 rings (SSSR count). The number of nitriles is 1. The van der Waals surface area contributed by atoms with Crippen molar-refractivity contribution in [2.45, 2.75) is 36.4 Å². The number of nitrogens with one attached hydrogen (secondary N) is 1. The Hall–Kier alpha value is -2.45. The van der Waals surface area contributed by atoms with E-state index in [1.54, 1.807) is 0 Å². The molecule has 10 heteroatoms. The molecule has 0 radical (unpaired) electrons. The van der Waals surface area contributed by atoms with Crippen LogP contribution in [0.3, 0.4) is 0 Å². The molecule has 0 saturated carbocycles. The van der Waals surface area contributed by atoms with Gasteiger partial charge in [0.25, 0.3) is 0 Å². The van der Waals surface area contributed by atoms with Gasteiger partial charge in [0, 0.05) is 32.3 Å². The minimum absolute atomic E-state index is 0.0300. The van der Waals surface area contributed by atoms with Gasteiger partial charge in [-0.3, -0.25) is 0 Å². The Kier molecular flexibility index (Phi) is 7.28. The van der Waals surface area contributed by atoms with Crippen LogP contribution in [0.5, 0.6) is 0 Å². The third-order valence-corrected chi connectivity index (χ3v) is 8.31. The molecule has 2 aliphatic heterocycles. The first-order valence-corrected chi connectivity index (χ1v) is 12.7. The summed E-state index contributed by atoms with van der Waals surface area (Å²) in [7, 11) is -4.08. The van der Waals surface area contributed by atoms with Gasteiger partial charge >= 0.3 is 6.18 Å². The maximum atomic E-state index is 13.9. The molecule has 2 aliphatic rings. The molecule has 0 amide bonds. The molecule has 34 heavy (non-hydrogen) atoms. The fourth-order valence-corrected chi connectivity index (χ4v) is 5.97. The average molecular weight is 494 g/mol. The van der Waals surface area contributed by atoms with Gasteiger partial charge in [0.1, 0.15) is 0 Å². The monoisotopic (exact) mass is 493 g/mol. The highest BCUT2D eigenvalue weighted by atomic mass is 32.2. The Morgan fingerprint density at radius 2 is 1.79 bits per heavy atom. The molecule has 2 aromatic carbocycles. The summed E-state index contributed by atoms with van der Waals surface area (Å²) in [6.45, 7) is 2.73. The highest BCUT2D eigenvalue weighted by molar-refractivity contribution is 7.89. The molecule has 0 bridgehead atoms. The molecule has 2 fully saturated rings. The van der Waals surface area contributed by atoms with E-state index in [1.807, 2.05) is 6.07 Å². The number of benzene rings is 2. The first kappa shape index (κ1) is 24.7. The number of hydrogen-bond acceptors (Lipinski definition) is 5. The topological polar surface area (TPSA) is 82.4 Å². The van der Waals surface area contributed by atoms with Gasteiger partial charge in [-0.25, -0.2) is 8.42 Å². The van der Waals surface area contributed by atoms with Gasteiger partial charge in [-0.05, 0) is 67.1 Å². The van der Waals surface area contributed by atoms with Crippen molar-refractivity contribution in [2.75, 3.05) is 32.8 Å². The highest BCUT2D eigenvalue weighted by Crippen LogP contribution is 2.39. The molecule has 6 nitrogen and oxygen atoms in total. The molecule has 2 heterocycles. The van der Waals surface area contributed by atoms with Crippen molar-refractivity contribution < 1.29 is 26.3 Å². The second-order valence-corrected chi connectivity index (χ2v) is 10.6. The highest BCUT2D eigenvalue weighted by Gasteiger charge is 2.37. The van der Waals surface area contributed by atoms with Crippen molar-refractivity contribution in [1.29, 1.82) is 5.26 Å². The van der Waals surface area contributed by atoms with Crippen molar-refractivity contribution >= 4 is 10.0 Å². The Balaban J connectivity index is 1.53. The van der Waals surface area contributed by atoms with E-state index in [2.05, 4.69) is 5.32 Å². The SMILES string of the molecule is N#Cc1ccc(-c2ccc(S(=O)(=O)N3CCC(NCC4CCOCC4)C3)cc2C(F)(F)F)cc1. The average Bonchev–Trinajstić information content (AvgIpc) is 3.33. The fraction of sp³-hybridized carbons (Fsp3) is 0.458. The van der Waals surface area contributed by atoms with E-state index in [1.165, 1.54) is 40.7 Å². The smallest absolute Gasteiger partial charge is 0.381 e. The molecular formula is C24H26F3N3O3S. The van der Waals surface area contributed by atoms with Crippen LogP contribution >= 0.6 is 0 Å². The van der Waals surface area contributed by atoms with Gasteiger partial charge in [0.15, 0.2) is 0 Å². The summed E-state index contributed by atoms with van der Waals surface area (Å²) in [6, 6.07) is 10.7. The maximum Gasteiger partial charge on any atom is 0.417 e. The van der Waals surface area contributed by atoms with Gasteiger partial charge in [0.05, 0.1) is 22.1 Å². The zero-order valence-corrected chi connectivity index (χ0v) is 19.3. The van der Waals surface area contributed by atoms with Crippen LogP contribution in [0.4, 0.5) is 13.2 Å². The minimum atomic E-state index is -4.74. The third kappa shape index (κ3) is 5.44. The van der Waals surface area contributed by atoms with Crippen LogP contribution in [0.2, 0.25) is 0 Å². The van der Waals surface area contributed by atoms with E-state index < -0.39 is 21.8 Å².